The van der Waals surface area contributed by atoms with Crippen molar-refractivity contribution in [2.45, 2.75) is 118 Å². The van der Waals surface area contributed by atoms with E-state index in [1.54, 1.807) is 53.7 Å². The number of nitrogens with two attached hydrogens (primary N) is 2. The molecule has 18 nitrogen and oxygen atoms in total. The van der Waals surface area contributed by atoms with E-state index >= 15 is 4.39 Å². The van der Waals surface area contributed by atoms with Crippen LogP contribution in [0.3, 0.4) is 0 Å². The summed E-state index contributed by atoms with van der Waals surface area (Å²) >= 11 is 0. The number of anilines is 2. The summed E-state index contributed by atoms with van der Waals surface area (Å²) in [7, 11) is 0. The van der Waals surface area contributed by atoms with E-state index in [4.69, 9.17) is 11.5 Å². The lowest BCUT2D eigenvalue weighted by atomic mass is 10.0. The van der Waals surface area contributed by atoms with E-state index in [-0.39, 0.29) is 48.4 Å². The average Bonchev–Trinajstić information content (AvgIpc) is 3.13. The van der Waals surface area contributed by atoms with Crippen molar-refractivity contribution in [2.24, 2.45) is 21.5 Å². The van der Waals surface area contributed by atoms with Crippen molar-refractivity contribution < 1.29 is 37.1 Å². The van der Waals surface area contributed by atoms with Crippen LogP contribution in [0.1, 0.15) is 150 Å². The maximum absolute atomic E-state index is 15.1. The van der Waals surface area contributed by atoms with E-state index in [0.29, 0.717) is 102 Å². The summed E-state index contributed by atoms with van der Waals surface area (Å²) in [6.45, 7) is 15.0. The van der Waals surface area contributed by atoms with Crippen LogP contribution in [0.15, 0.2) is 100 Å². The highest BCUT2D eigenvalue weighted by Gasteiger charge is 2.28. The zero-order valence-corrected chi connectivity index (χ0v) is 49.1. The summed E-state index contributed by atoms with van der Waals surface area (Å²) in [5.41, 5.74) is 22.0. The van der Waals surface area contributed by atoms with E-state index in [1.165, 1.54) is 19.1 Å². The topological polar surface area (TPSA) is 246 Å². The Morgan fingerprint density at radius 3 is 1.81 bits per heavy atom. The minimum atomic E-state index is -2.93. The van der Waals surface area contributed by atoms with Crippen molar-refractivity contribution in [1.82, 2.24) is 35.3 Å². The fourth-order valence-corrected chi connectivity index (χ4v) is 10.5. The number of halogens is 3. The van der Waals surface area contributed by atoms with Crippen LogP contribution in [0.4, 0.5) is 35.9 Å². The maximum Gasteiger partial charge on any atom is 0.264 e. The number of pyridine rings is 2. The zero-order valence-electron chi connectivity index (χ0n) is 49.1. The summed E-state index contributed by atoms with van der Waals surface area (Å²) in [5, 5.41) is 11.3. The predicted octanol–water partition coefficient (Wildman–Crippen LogP) is 9.63. The molecule has 0 saturated heterocycles. The summed E-state index contributed by atoms with van der Waals surface area (Å²) in [4.78, 5) is 88.8. The molecule has 5 amide bonds. The smallest absolute Gasteiger partial charge is 0.264 e. The second-order valence-corrected chi connectivity index (χ2v) is 21.7. The van der Waals surface area contributed by atoms with Gasteiger partial charge in [-0.2, -0.15) is 0 Å². The van der Waals surface area contributed by atoms with E-state index in [0.717, 1.165) is 85.3 Å². The van der Waals surface area contributed by atoms with Crippen molar-refractivity contribution in [3.8, 4) is 0 Å². The Hall–Kier alpha value is -8.56. The molecule has 0 unspecified atom stereocenters. The fourth-order valence-electron chi connectivity index (χ4n) is 10.5. The number of nitrogens with one attached hydrogen (secondary N) is 4. The molecular weight excluding hydrogens is 1090 g/mol. The minimum absolute atomic E-state index is 0.0446. The minimum Gasteiger partial charge on any atom is -0.387 e. The van der Waals surface area contributed by atoms with Gasteiger partial charge in [-0.05, 0) is 103 Å². The molecular formula is C64H76F3N13O5. The Balaban J connectivity index is 0.000000235. The predicted molar refractivity (Wildman–Crippen MR) is 327 cm³/mol. The standard InChI is InChI=1S/C38H45F2N7O3.C26H31FN6O2/c1-4-14-47(15-5-2)37(50)29-17-27-11-12-28(19-33(27)45-34(41)20-29)36(49)44-31-18-30-23-46(16-13-32(30)42-21-31)22-25-7-9-26(10-8-25)35(48)43-24-38(39,40)6-3;1-3-7-33(8-4-2)26(35)17-9-16-11-21(27)20(13-23(16)32-24(28)12-17)25(34)31-19-10-18-14-29-6-5-22(18)30-15-19/h7-12,17-19,21H,4-6,13-16,20,22-24H2,1-3H3,(H2,41,45)(H,43,48)(H,44,49);9-11,13,15,29H,3-8,12,14H2,1-2H3,(H2,28,32)(H,31,34). The van der Waals surface area contributed by atoms with E-state index in [1.807, 2.05) is 62.9 Å². The number of hydrogen-bond donors (Lipinski definition) is 6. The lowest BCUT2D eigenvalue weighted by molar-refractivity contribution is -0.128. The second-order valence-electron chi connectivity index (χ2n) is 21.7. The van der Waals surface area contributed by atoms with Gasteiger partial charge in [0.25, 0.3) is 23.6 Å². The van der Waals surface area contributed by atoms with Crippen LogP contribution in [-0.2, 0) is 42.1 Å². The maximum atomic E-state index is 15.1. The quantitative estimate of drug-likeness (QED) is 0.0428. The fraction of sp³-hybridized carbons (Fsp3) is 0.391. The number of fused-ring (bicyclic) bond motifs is 4. The Bertz CT molecular complexity index is 3420. The van der Waals surface area contributed by atoms with Crippen LogP contribution in [0.25, 0.3) is 12.2 Å². The van der Waals surface area contributed by atoms with Crippen LogP contribution in [0, 0.1) is 5.82 Å². The number of aromatic nitrogens is 2. The van der Waals surface area contributed by atoms with Gasteiger partial charge in [0, 0.05) is 136 Å². The molecule has 0 spiro atoms. The third-order valence-corrected chi connectivity index (χ3v) is 14.9. The highest BCUT2D eigenvalue weighted by atomic mass is 19.3. The van der Waals surface area contributed by atoms with Gasteiger partial charge in [0.15, 0.2) is 0 Å². The number of amidine groups is 2. The van der Waals surface area contributed by atoms with Crippen molar-refractivity contribution in [2.75, 3.05) is 56.4 Å². The molecule has 21 heteroatoms. The van der Waals surface area contributed by atoms with Crippen molar-refractivity contribution >= 4 is 76.1 Å². The second kappa shape index (κ2) is 28.8. The molecule has 4 aliphatic heterocycles. The van der Waals surface area contributed by atoms with Gasteiger partial charge in [0.1, 0.15) is 17.5 Å². The number of hydrogen-bond acceptors (Lipinski definition) is 13. The Morgan fingerprint density at radius 2 is 1.21 bits per heavy atom. The first-order chi connectivity index (χ1) is 40.9. The molecule has 448 valence electrons. The van der Waals surface area contributed by atoms with E-state index < -0.39 is 30.1 Å². The molecule has 0 radical (unpaired) electrons. The van der Waals surface area contributed by atoms with Gasteiger partial charge in [-0.1, -0.05) is 52.8 Å². The number of aliphatic imine (C=N–C) groups is 2. The Kier molecular flexibility index (Phi) is 21.2. The molecule has 4 aliphatic rings. The van der Waals surface area contributed by atoms with E-state index in [2.05, 4.69) is 46.1 Å². The molecule has 3 aromatic carbocycles. The molecule has 9 rings (SSSR count). The molecule has 0 bridgehead atoms. The zero-order chi connectivity index (χ0) is 60.8. The molecule has 2 aromatic heterocycles. The third-order valence-electron chi connectivity index (χ3n) is 14.9. The Labute approximate surface area is 494 Å². The molecule has 85 heavy (non-hydrogen) atoms. The average molecular weight is 1160 g/mol. The molecule has 5 aromatic rings. The van der Waals surface area contributed by atoms with Gasteiger partial charge in [-0.25, -0.2) is 23.2 Å². The lowest BCUT2D eigenvalue weighted by Crippen LogP contribution is -2.36. The van der Waals surface area contributed by atoms with Gasteiger partial charge in [0.2, 0.25) is 11.8 Å². The largest absolute Gasteiger partial charge is 0.387 e. The number of carbonyl (C=O) groups is 5. The summed E-state index contributed by atoms with van der Waals surface area (Å²) < 4.78 is 42.1. The van der Waals surface area contributed by atoms with Crippen molar-refractivity contribution in [3.63, 3.8) is 0 Å². The molecule has 0 saturated carbocycles. The summed E-state index contributed by atoms with van der Waals surface area (Å²) in [6, 6.07) is 18.5. The van der Waals surface area contributed by atoms with Crippen molar-refractivity contribution in [3.05, 3.63) is 152 Å². The number of rotatable bonds is 20. The van der Waals surface area contributed by atoms with Crippen LogP contribution in [-0.4, -0.2) is 118 Å². The Morgan fingerprint density at radius 1 is 0.659 bits per heavy atom. The van der Waals surface area contributed by atoms with Crippen LogP contribution < -0.4 is 32.7 Å². The first-order valence-electron chi connectivity index (χ1n) is 29.3. The van der Waals surface area contributed by atoms with Gasteiger partial charge < -0.3 is 42.5 Å². The van der Waals surface area contributed by atoms with Crippen molar-refractivity contribution in [1.29, 1.82) is 0 Å². The summed E-state index contributed by atoms with van der Waals surface area (Å²) in [5.74, 6) is -4.71. The first-order valence-corrected chi connectivity index (χ1v) is 29.3. The monoisotopic (exact) mass is 1160 g/mol. The number of amides is 5. The van der Waals surface area contributed by atoms with Crippen LogP contribution in [0.2, 0.25) is 0 Å². The molecule has 0 aliphatic carbocycles. The molecule has 0 fully saturated rings. The van der Waals surface area contributed by atoms with Crippen LogP contribution in [0.5, 0.6) is 0 Å². The summed E-state index contributed by atoms with van der Waals surface area (Å²) in [6.07, 6.45) is 11.7. The highest BCUT2D eigenvalue weighted by molar-refractivity contribution is 6.09. The third kappa shape index (κ3) is 16.4. The first kappa shape index (κ1) is 62.5. The number of carbonyl (C=O) groups excluding carboxylic acids is 5. The van der Waals surface area contributed by atoms with E-state index in [9.17, 15) is 32.8 Å². The molecule has 0 atom stereocenters. The van der Waals surface area contributed by atoms with Gasteiger partial charge in [-0.3, -0.25) is 38.8 Å². The SMILES string of the molecule is CCCN(CCC)C(=O)C1=Cc2cc(F)c(C(=O)Nc3cnc4c(c3)CNCC4)cc2N=C(N)C1.CCCN(CCC)C(=O)C1=Cc2ccc(C(=O)Nc3cnc4c(c3)CN(Cc3ccc(C(=O)NCC(F)(F)CC)cc3)CC4)cc2N=C(N)C1. The number of alkyl halides is 2. The van der Waals surface area contributed by atoms with Crippen LogP contribution >= 0.6 is 0 Å². The number of nitrogens with zero attached hydrogens (tertiary/aromatic N) is 7. The molecule has 6 heterocycles. The highest BCUT2D eigenvalue weighted by Crippen LogP contribution is 2.33. The van der Waals surface area contributed by atoms with Gasteiger partial charge >= 0.3 is 0 Å². The number of benzene rings is 3. The normalized spacial score (nSPS) is 14.5. The lowest BCUT2D eigenvalue weighted by Gasteiger charge is -2.28. The van der Waals surface area contributed by atoms with Gasteiger partial charge in [0.05, 0.1) is 47.3 Å². The molecule has 8 N–H and O–H groups in total. The van der Waals surface area contributed by atoms with Gasteiger partial charge in [-0.15, -0.1) is 0 Å².